The highest BCUT2D eigenvalue weighted by molar-refractivity contribution is 6.00. The zero-order valence-corrected chi connectivity index (χ0v) is 28.2. The number of hydrogen-bond donors (Lipinski definition) is 4. The topological polar surface area (TPSA) is 197 Å². The normalized spacial score (nSPS) is 16.2. The quantitative estimate of drug-likeness (QED) is 0.145. The fraction of sp³-hybridized carbons (Fsp3) is 0.636. The summed E-state index contributed by atoms with van der Waals surface area (Å²) < 4.78 is 5.56. The van der Waals surface area contributed by atoms with Gasteiger partial charge in [-0.15, -0.1) is 10.2 Å². The molecule has 0 spiro atoms. The fourth-order valence-corrected chi connectivity index (χ4v) is 5.20. The Hall–Kier alpha value is -4.20. The summed E-state index contributed by atoms with van der Waals surface area (Å²) in [5.41, 5.74) is -0.488. The first-order chi connectivity index (χ1) is 22.3. The lowest BCUT2D eigenvalue weighted by molar-refractivity contribution is -0.142. The molecule has 0 unspecified atom stereocenters. The first-order valence-electron chi connectivity index (χ1n) is 16.3. The van der Waals surface area contributed by atoms with Gasteiger partial charge in [-0.3, -0.25) is 29.0 Å². The third-order valence-corrected chi connectivity index (χ3v) is 8.21. The highest BCUT2D eigenvalue weighted by Gasteiger charge is 2.41. The maximum Gasteiger partial charge on any atom is 0.286 e. The molecule has 4 N–H and O–H groups in total. The predicted octanol–water partition coefficient (Wildman–Crippen LogP) is 2.18. The molecule has 0 aliphatic carbocycles. The number of nitrogens with one attached hydrogen (secondary N) is 3. The van der Waals surface area contributed by atoms with Crippen molar-refractivity contribution in [1.29, 1.82) is 0 Å². The summed E-state index contributed by atoms with van der Waals surface area (Å²) in [6, 6.07) is 2.53. The van der Waals surface area contributed by atoms with Crippen molar-refractivity contribution in [2.75, 3.05) is 19.7 Å². The van der Waals surface area contributed by atoms with Crippen LogP contribution in [0.5, 0.6) is 0 Å². The summed E-state index contributed by atoms with van der Waals surface area (Å²) in [7, 11) is 0. The van der Waals surface area contributed by atoms with E-state index in [4.69, 9.17) is 4.42 Å². The second-order valence-corrected chi connectivity index (χ2v) is 13.3. The Labute approximate surface area is 275 Å². The molecule has 14 heteroatoms. The molecule has 258 valence electrons. The van der Waals surface area contributed by atoms with Crippen LogP contribution in [0.15, 0.2) is 28.8 Å². The van der Waals surface area contributed by atoms with Crippen LogP contribution in [0.2, 0.25) is 0 Å². The van der Waals surface area contributed by atoms with E-state index in [1.807, 2.05) is 13.8 Å². The molecule has 4 amide bonds. The van der Waals surface area contributed by atoms with Gasteiger partial charge in [-0.05, 0) is 63.5 Å². The van der Waals surface area contributed by atoms with Crippen LogP contribution in [0.4, 0.5) is 0 Å². The lowest BCUT2D eigenvalue weighted by Gasteiger charge is -2.31. The fourth-order valence-electron chi connectivity index (χ4n) is 5.20. The molecule has 47 heavy (non-hydrogen) atoms. The zero-order valence-electron chi connectivity index (χ0n) is 28.2. The molecule has 1 aliphatic rings. The number of amides is 4. The average molecular weight is 656 g/mol. The Balaban J connectivity index is 1.53. The number of Topliss-reactive ketones (excluding diaryl/α,β-unsaturated/α-hetero) is 1. The number of aromatic nitrogens is 3. The number of aliphatic hydroxyl groups excluding tert-OH is 1. The van der Waals surface area contributed by atoms with Crippen molar-refractivity contribution in [3.8, 4) is 0 Å². The number of nitrogens with zero attached hydrogens (tertiary/aromatic N) is 4. The molecule has 0 bridgehead atoms. The number of carbonyl (C=O) groups is 5. The lowest BCUT2D eigenvalue weighted by atomic mass is 9.95. The van der Waals surface area contributed by atoms with Gasteiger partial charge in [-0.2, -0.15) is 0 Å². The van der Waals surface area contributed by atoms with E-state index in [0.29, 0.717) is 50.9 Å². The molecule has 0 saturated carbocycles. The van der Waals surface area contributed by atoms with Crippen LogP contribution < -0.4 is 16.0 Å². The molecule has 1 aliphatic heterocycles. The molecular formula is C33H49N7O7. The molecule has 3 rings (SSSR count). The van der Waals surface area contributed by atoms with Crippen LogP contribution in [0, 0.1) is 11.8 Å². The van der Waals surface area contributed by atoms with Gasteiger partial charge in [0.05, 0.1) is 18.1 Å². The Bertz CT molecular complexity index is 1380. The van der Waals surface area contributed by atoms with E-state index in [0.717, 1.165) is 0 Å². The van der Waals surface area contributed by atoms with Crippen LogP contribution in [0.1, 0.15) is 107 Å². The van der Waals surface area contributed by atoms with Gasteiger partial charge in [0.2, 0.25) is 29.4 Å². The molecule has 14 nitrogen and oxygen atoms in total. The third-order valence-electron chi connectivity index (χ3n) is 8.21. The number of rotatable bonds is 17. The van der Waals surface area contributed by atoms with Crippen molar-refractivity contribution in [3.63, 3.8) is 0 Å². The number of unbranched alkanes of at least 4 members (excludes halogenated alkanes) is 2. The molecule has 1 fully saturated rings. The van der Waals surface area contributed by atoms with Gasteiger partial charge in [0, 0.05) is 25.7 Å². The Morgan fingerprint density at radius 1 is 1.00 bits per heavy atom. The summed E-state index contributed by atoms with van der Waals surface area (Å²) in [4.78, 5) is 70.9. The van der Waals surface area contributed by atoms with E-state index >= 15 is 0 Å². The molecule has 0 radical (unpaired) electrons. The van der Waals surface area contributed by atoms with E-state index in [1.54, 1.807) is 52.1 Å². The smallest absolute Gasteiger partial charge is 0.286 e. The van der Waals surface area contributed by atoms with Crippen molar-refractivity contribution in [2.45, 2.75) is 104 Å². The maximum atomic E-state index is 13.7. The number of pyridine rings is 1. The van der Waals surface area contributed by atoms with Crippen molar-refractivity contribution in [3.05, 3.63) is 41.9 Å². The first-order valence-corrected chi connectivity index (χ1v) is 16.3. The standard InChI is InChI=1S/C33H49N7O7/c1-20(2)25(27(43)30-38-39-32(47-30)33(5,6)19-41)37-29(45)23-14-12-18-40(23)31(46)26(21(3)4)36-24(42)15-8-7-10-17-35-28(44)22-13-9-11-16-34-22/h9,11,13,16,20-21,23,25-26,41H,7-8,10,12,14-15,17-19H2,1-6H3,(H,35,44)(H,36,42)(H,37,45)/t23-,25-,26-/m0/s1. The number of likely N-dealkylation sites (tertiary alicyclic amines) is 1. The molecule has 2 aromatic rings. The Morgan fingerprint density at radius 2 is 1.72 bits per heavy atom. The largest absolute Gasteiger partial charge is 0.418 e. The molecular weight excluding hydrogens is 606 g/mol. The summed E-state index contributed by atoms with van der Waals surface area (Å²) in [5.74, 6) is -2.58. The van der Waals surface area contributed by atoms with Crippen LogP contribution in [0.25, 0.3) is 0 Å². The van der Waals surface area contributed by atoms with Crippen LogP contribution in [-0.4, -0.2) is 92.4 Å². The van der Waals surface area contributed by atoms with Crippen LogP contribution in [0.3, 0.4) is 0 Å². The summed E-state index contributed by atoms with van der Waals surface area (Å²) in [6.07, 6.45) is 4.79. The Morgan fingerprint density at radius 3 is 2.36 bits per heavy atom. The molecule has 2 aromatic heterocycles. The summed E-state index contributed by atoms with van der Waals surface area (Å²) in [6.45, 7) is 11.2. The average Bonchev–Trinajstić information content (AvgIpc) is 3.75. The van der Waals surface area contributed by atoms with Crippen LogP contribution >= 0.6 is 0 Å². The van der Waals surface area contributed by atoms with Crippen molar-refractivity contribution in [2.24, 2.45) is 11.8 Å². The van der Waals surface area contributed by atoms with Gasteiger partial charge in [0.1, 0.15) is 17.8 Å². The van der Waals surface area contributed by atoms with E-state index in [9.17, 15) is 29.1 Å². The Kier molecular flexibility index (Phi) is 13.6. The minimum absolute atomic E-state index is 0.108. The predicted molar refractivity (Wildman–Crippen MR) is 172 cm³/mol. The van der Waals surface area contributed by atoms with Gasteiger partial charge >= 0.3 is 0 Å². The highest BCUT2D eigenvalue weighted by Crippen LogP contribution is 2.24. The zero-order chi connectivity index (χ0) is 34.7. The number of ketones is 1. The van der Waals surface area contributed by atoms with Crippen molar-refractivity contribution < 1.29 is 33.5 Å². The minimum Gasteiger partial charge on any atom is -0.418 e. The highest BCUT2D eigenvalue weighted by atomic mass is 16.4. The van der Waals surface area contributed by atoms with Crippen molar-refractivity contribution >= 4 is 29.4 Å². The van der Waals surface area contributed by atoms with E-state index < -0.39 is 35.2 Å². The molecule has 3 atom stereocenters. The third kappa shape index (κ3) is 10.1. The van der Waals surface area contributed by atoms with Gasteiger partial charge in [0.15, 0.2) is 0 Å². The van der Waals surface area contributed by atoms with Crippen molar-refractivity contribution in [1.82, 2.24) is 36.0 Å². The van der Waals surface area contributed by atoms with E-state index in [2.05, 4.69) is 31.1 Å². The molecule has 1 saturated heterocycles. The van der Waals surface area contributed by atoms with Gasteiger partial charge in [0.25, 0.3) is 11.8 Å². The molecule has 3 heterocycles. The second kappa shape index (κ2) is 17.1. The van der Waals surface area contributed by atoms with E-state index in [-0.39, 0.29) is 54.4 Å². The van der Waals surface area contributed by atoms with Gasteiger partial charge in [-0.1, -0.05) is 40.2 Å². The van der Waals surface area contributed by atoms with Gasteiger partial charge in [-0.25, -0.2) is 0 Å². The van der Waals surface area contributed by atoms with Crippen LogP contribution in [-0.2, 0) is 19.8 Å². The number of carbonyl (C=O) groups excluding carboxylic acids is 5. The first kappa shape index (κ1) is 37.3. The summed E-state index contributed by atoms with van der Waals surface area (Å²) >= 11 is 0. The van der Waals surface area contributed by atoms with E-state index in [1.165, 1.54) is 4.90 Å². The summed E-state index contributed by atoms with van der Waals surface area (Å²) in [5, 5.41) is 25.8. The monoisotopic (exact) mass is 655 g/mol. The molecule has 0 aromatic carbocycles. The second-order valence-electron chi connectivity index (χ2n) is 13.3. The maximum absolute atomic E-state index is 13.7. The van der Waals surface area contributed by atoms with Gasteiger partial charge < -0.3 is 30.4 Å². The SMILES string of the molecule is CC(C)[C@H](NC(=O)[C@@H]1CCCN1C(=O)[C@@H](NC(=O)CCCCCNC(=O)c1ccccn1)C(C)C)C(=O)c1nnc(C(C)(C)CO)o1. The number of aliphatic hydroxyl groups is 1. The lowest BCUT2D eigenvalue weighted by Crippen LogP contribution is -2.57. The minimum atomic E-state index is -0.977. The number of hydrogen-bond acceptors (Lipinski definition) is 10.